The molecule has 1 atom stereocenters. The molecule has 156 valence electrons. The van der Waals surface area contributed by atoms with Crippen molar-refractivity contribution < 1.29 is 29.4 Å². The number of carbonyl (C=O) groups is 4. The predicted octanol–water partition coefficient (Wildman–Crippen LogP) is -0.836. The van der Waals surface area contributed by atoms with Crippen molar-refractivity contribution in [3.05, 3.63) is 0 Å². The van der Waals surface area contributed by atoms with E-state index in [2.05, 4.69) is 16.0 Å². The van der Waals surface area contributed by atoms with Gasteiger partial charge >= 0.3 is 0 Å². The van der Waals surface area contributed by atoms with Gasteiger partial charge in [0.25, 0.3) is 0 Å². The number of amides is 3. The van der Waals surface area contributed by atoms with E-state index in [1.165, 1.54) is 6.92 Å². The van der Waals surface area contributed by atoms with E-state index in [4.69, 9.17) is 5.11 Å². The molecule has 0 saturated heterocycles. The van der Waals surface area contributed by atoms with Crippen LogP contribution in [0, 0.1) is 5.41 Å². The molecule has 5 N–H and O–H groups in total. The zero-order chi connectivity index (χ0) is 20.9. The molecule has 0 aliphatic rings. The van der Waals surface area contributed by atoms with Crippen molar-refractivity contribution in [2.24, 2.45) is 5.41 Å². The van der Waals surface area contributed by atoms with Crippen molar-refractivity contribution in [2.75, 3.05) is 32.0 Å². The molecule has 0 aromatic carbocycles. The van der Waals surface area contributed by atoms with Crippen LogP contribution in [0.4, 0.5) is 0 Å². The Labute approximate surface area is 164 Å². The number of hydrogen-bond donors (Lipinski definition) is 5. The van der Waals surface area contributed by atoms with E-state index in [1.807, 2.05) is 0 Å². The summed E-state index contributed by atoms with van der Waals surface area (Å²) in [5, 5.41) is 26.6. The van der Waals surface area contributed by atoms with E-state index in [1.54, 1.807) is 13.8 Å². The van der Waals surface area contributed by atoms with Gasteiger partial charge in [0, 0.05) is 50.6 Å². The summed E-state index contributed by atoms with van der Waals surface area (Å²) in [6.07, 6.45) is -0.375. The molecule has 0 heterocycles. The highest BCUT2D eigenvalue weighted by atomic mass is 32.2. The summed E-state index contributed by atoms with van der Waals surface area (Å²) >= 11 is 1.12. The second-order valence-corrected chi connectivity index (χ2v) is 7.90. The first-order chi connectivity index (χ1) is 12.6. The molecule has 0 aromatic heterocycles. The van der Waals surface area contributed by atoms with Gasteiger partial charge in [-0.05, 0) is 6.42 Å². The van der Waals surface area contributed by atoms with Gasteiger partial charge in [-0.1, -0.05) is 25.6 Å². The summed E-state index contributed by atoms with van der Waals surface area (Å²) in [7, 11) is 0. The third kappa shape index (κ3) is 12.4. The first-order valence-electron chi connectivity index (χ1n) is 8.83. The summed E-state index contributed by atoms with van der Waals surface area (Å²) in [6.45, 7) is 5.06. The van der Waals surface area contributed by atoms with Crippen molar-refractivity contribution in [1.82, 2.24) is 16.0 Å². The van der Waals surface area contributed by atoms with Gasteiger partial charge in [0.05, 0.1) is 6.61 Å². The van der Waals surface area contributed by atoms with Crippen LogP contribution >= 0.6 is 11.8 Å². The van der Waals surface area contributed by atoms with Crippen LogP contribution in [0.25, 0.3) is 0 Å². The molecular formula is C17H31N3O6S. The molecule has 0 radical (unpaired) electrons. The predicted molar refractivity (Wildman–Crippen MR) is 103 cm³/mol. The van der Waals surface area contributed by atoms with E-state index >= 15 is 0 Å². The first kappa shape index (κ1) is 25.4. The molecular weight excluding hydrogens is 374 g/mol. The number of nitrogens with one attached hydrogen (secondary N) is 3. The normalized spacial score (nSPS) is 12.2. The minimum atomic E-state index is -1.36. The number of rotatable bonds is 13. The Balaban J connectivity index is 3.76. The molecule has 0 unspecified atom stereocenters. The van der Waals surface area contributed by atoms with E-state index in [9.17, 15) is 24.3 Å². The fraction of sp³-hybridized carbons (Fsp3) is 0.765. The lowest BCUT2D eigenvalue weighted by atomic mass is 9.87. The zero-order valence-corrected chi connectivity index (χ0v) is 17.0. The number of thioether (sulfide) groups is 1. The van der Waals surface area contributed by atoms with Crippen molar-refractivity contribution in [2.45, 2.75) is 46.1 Å². The highest BCUT2D eigenvalue weighted by molar-refractivity contribution is 8.13. The Morgan fingerprint density at radius 3 is 2.26 bits per heavy atom. The average Bonchev–Trinajstić information content (AvgIpc) is 2.61. The SMILES string of the molecule is CC(=O)NCCCC(=O)SCCNC(=O)CCNC(=O)[C@H](O)C(C)(C)CO. The van der Waals surface area contributed by atoms with Gasteiger partial charge in [-0.2, -0.15) is 0 Å². The van der Waals surface area contributed by atoms with Crippen molar-refractivity contribution >= 4 is 34.6 Å². The molecule has 0 rings (SSSR count). The minimum absolute atomic E-state index is 0.00218. The summed E-state index contributed by atoms with van der Waals surface area (Å²) in [5.74, 6) is -0.590. The van der Waals surface area contributed by atoms with Gasteiger partial charge in [0.1, 0.15) is 6.10 Å². The molecule has 27 heavy (non-hydrogen) atoms. The second kappa shape index (κ2) is 13.5. The van der Waals surface area contributed by atoms with Gasteiger partial charge in [0.2, 0.25) is 17.7 Å². The quantitative estimate of drug-likeness (QED) is 0.251. The van der Waals surface area contributed by atoms with Gasteiger partial charge in [-0.3, -0.25) is 19.2 Å². The van der Waals surface area contributed by atoms with Crippen LogP contribution in [0.5, 0.6) is 0 Å². The van der Waals surface area contributed by atoms with Crippen LogP contribution in [0.15, 0.2) is 0 Å². The van der Waals surface area contributed by atoms with E-state index < -0.39 is 17.4 Å². The molecule has 0 saturated carbocycles. The molecule has 3 amide bonds. The molecule has 0 aliphatic heterocycles. The smallest absolute Gasteiger partial charge is 0.249 e. The topological polar surface area (TPSA) is 145 Å². The maximum Gasteiger partial charge on any atom is 0.249 e. The molecule has 0 fully saturated rings. The Kier molecular flexibility index (Phi) is 12.7. The van der Waals surface area contributed by atoms with Crippen LogP contribution in [0.1, 0.15) is 40.0 Å². The fourth-order valence-corrected chi connectivity index (χ4v) is 2.57. The summed E-state index contributed by atoms with van der Waals surface area (Å²) in [4.78, 5) is 45.7. The maximum atomic E-state index is 11.7. The van der Waals surface area contributed by atoms with Crippen LogP contribution in [-0.4, -0.2) is 71.1 Å². The Bertz CT molecular complexity index is 513. The summed E-state index contributed by atoms with van der Waals surface area (Å²) in [6, 6.07) is 0. The van der Waals surface area contributed by atoms with Crippen LogP contribution in [-0.2, 0) is 19.2 Å². The lowest BCUT2D eigenvalue weighted by Crippen LogP contribution is -2.46. The highest BCUT2D eigenvalue weighted by Crippen LogP contribution is 2.19. The van der Waals surface area contributed by atoms with Crippen molar-refractivity contribution in [1.29, 1.82) is 0 Å². The van der Waals surface area contributed by atoms with E-state index in [0.29, 0.717) is 31.7 Å². The van der Waals surface area contributed by atoms with Crippen LogP contribution < -0.4 is 16.0 Å². The molecule has 0 aliphatic carbocycles. The number of hydrogen-bond acceptors (Lipinski definition) is 7. The molecule has 10 heteroatoms. The van der Waals surface area contributed by atoms with Gasteiger partial charge < -0.3 is 26.2 Å². The monoisotopic (exact) mass is 405 g/mol. The Hall–Kier alpha value is -1.65. The van der Waals surface area contributed by atoms with Gasteiger partial charge in [-0.15, -0.1) is 0 Å². The first-order valence-corrected chi connectivity index (χ1v) is 9.82. The lowest BCUT2D eigenvalue weighted by Gasteiger charge is -2.27. The lowest BCUT2D eigenvalue weighted by molar-refractivity contribution is -0.137. The Morgan fingerprint density at radius 2 is 1.67 bits per heavy atom. The number of aliphatic hydroxyl groups excluding tert-OH is 2. The Morgan fingerprint density at radius 1 is 1.00 bits per heavy atom. The number of aliphatic hydroxyl groups is 2. The highest BCUT2D eigenvalue weighted by Gasteiger charge is 2.32. The zero-order valence-electron chi connectivity index (χ0n) is 16.2. The molecule has 0 spiro atoms. The maximum absolute atomic E-state index is 11.7. The minimum Gasteiger partial charge on any atom is -0.396 e. The molecule has 0 aromatic rings. The average molecular weight is 406 g/mol. The second-order valence-electron chi connectivity index (χ2n) is 6.75. The van der Waals surface area contributed by atoms with Crippen molar-refractivity contribution in [3.8, 4) is 0 Å². The standard InChI is InChI=1S/C17H31N3O6S/c1-12(22)18-7-4-5-14(24)27-10-9-19-13(23)6-8-20-16(26)15(25)17(2,3)11-21/h15,21,25H,4-11H2,1-3H3,(H,18,22)(H,19,23)(H,20,26)/t15-/m0/s1. The van der Waals surface area contributed by atoms with Gasteiger partial charge in [-0.25, -0.2) is 0 Å². The van der Waals surface area contributed by atoms with Gasteiger partial charge in [0.15, 0.2) is 5.12 Å². The van der Waals surface area contributed by atoms with E-state index in [0.717, 1.165) is 11.8 Å². The van der Waals surface area contributed by atoms with Crippen LogP contribution in [0.3, 0.4) is 0 Å². The largest absolute Gasteiger partial charge is 0.396 e. The van der Waals surface area contributed by atoms with E-state index in [-0.39, 0.29) is 36.5 Å². The summed E-state index contributed by atoms with van der Waals surface area (Å²) < 4.78 is 0. The third-order valence-corrected chi connectivity index (χ3v) is 4.60. The van der Waals surface area contributed by atoms with Crippen LogP contribution in [0.2, 0.25) is 0 Å². The fourth-order valence-electron chi connectivity index (χ4n) is 1.85. The third-order valence-electron chi connectivity index (χ3n) is 3.67. The molecule has 0 bridgehead atoms. The van der Waals surface area contributed by atoms with Crippen molar-refractivity contribution in [3.63, 3.8) is 0 Å². The molecule has 9 nitrogen and oxygen atoms in total. The number of carbonyl (C=O) groups excluding carboxylic acids is 4. The summed E-state index contributed by atoms with van der Waals surface area (Å²) in [5.41, 5.74) is -0.960.